The van der Waals surface area contributed by atoms with Crippen molar-refractivity contribution in [1.29, 1.82) is 0 Å². The summed E-state index contributed by atoms with van der Waals surface area (Å²) in [6.07, 6.45) is 0.841. The summed E-state index contributed by atoms with van der Waals surface area (Å²) in [6, 6.07) is 16.0. The molecule has 0 aliphatic carbocycles. The average Bonchev–Trinajstić information content (AvgIpc) is 3.03. The van der Waals surface area contributed by atoms with E-state index >= 15 is 0 Å². The average molecular weight is 367 g/mol. The summed E-state index contributed by atoms with van der Waals surface area (Å²) in [5.41, 5.74) is 3.20. The summed E-state index contributed by atoms with van der Waals surface area (Å²) < 4.78 is 12.8. The molecular formula is C21H25N3O3. The number of carbonyl (C=O) groups is 1. The van der Waals surface area contributed by atoms with Crippen molar-refractivity contribution in [1.82, 2.24) is 14.9 Å². The topological polar surface area (TPSA) is 65.4 Å². The van der Waals surface area contributed by atoms with E-state index in [4.69, 9.17) is 9.47 Å². The molecule has 1 amide bonds. The number of ether oxygens (including phenoxy) is 2. The minimum Gasteiger partial charge on any atom is -0.494 e. The van der Waals surface area contributed by atoms with Gasteiger partial charge in [0.2, 0.25) is 5.91 Å². The van der Waals surface area contributed by atoms with Crippen LogP contribution in [0.15, 0.2) is 48.5 Å². The van der Waals surface area contributed by atoms with Crippen LogP contribution in [0.5, 0.6) is 5.75 Å². The van der Waals surface area contributed by atoms with Crippen LogP contribution in [-0.2, 0) is 22.6 Å². The Hall–Kier alpha value is -2.86. The number of hydrogen-bond donors (Lipinski definition) is 1. The molecule has 27 heavy (non-hydrogen) atoms. The number of fused-ring (bicyclic) bond motifs is 1. The van der Waals surface area contributed by atoms with Gasteiger partial charge < -0.3 is 19.4 Å². The van der Waals surface area contributed by atoms with E-state index in [-0.39, 0.29) is 12.5 Å². The number of hydrogen-bond acceptors (Lipinski definition) is 4. The molecular weight excluding hydrogens is 342 g/mol. The summed E-state index contributed by atoms with van der Waals surface area (Å²) in [7, 11) is 1.50. The number of para-hydroxylation sites is 2. The highest BCUT2D eigenvalue weighted by Crippen LogP contribution is 2.17. The molecule has 0 bridgehead atoms. The first kappa shape index (κ1) is 18.9. The lowest BCUT2D eigenvalue weighted by molar-refractivity contribution is -0.124. The largest absolute Gasteiger partial charge is 0.494 e. The maximum Gasteiger partial charge on any atom is 0.246 e. The fourth-order valence-electron chi connectivity index (χ4n) is 2.92. The zero-order valence-corrected chi connectivity index (χ0v) is 15.8. The smallest absolute Gasteiger partial charge is 0.246 e. The third-order valence-corrected chi connectivity index (χ3v) is 4.27. The second kappa shape index (κ2) is 9.19. The number of amides is 1. The molecule has 0 atom stereocenters. The number of methoxy groups -OCH3 is 1. The summed E-state index contributed by atoms with van der Waals surface area (Å²) in [4.78, 5) is 16.3. The van der Waals surface area contributed by atoms with Gasteiger partial charge in [-0.3, -0.25) is 4.79 Å². The highest BCUT2D eigenvalue weighted by atomic mass is 16.5. The van der Waals surface area contributed by atoms with Gasteiger partial charge in [-0.05, 0) is 37.6 Å². The molecule has 0 saturated heterocycles. The van der Waals surface area contributed by atoms with Crippen molar-refractivity contribution in [2.75, 3.05) is 20.3 Å². The van der Waals surface area contributed by atoms with Crippen LogP contribution in [0.4, 0.5) is 0 Å². The molecule has 0 aliphatic heterocycles. The number of aromatic nitrogens is 2. The Morgan fingerprint density at radius 1 is 1.15 bits per heavy atom. The Morgan fingerprint density at radius 2 is 1.93 bits per heavy atom. The second-order valence-corrected chi connectivity index (χ2v) is 6.39. The molecule has 2 aromatic carbocycles. The number of imidazole rings is 1. The number of benzene rings is 2. The zero-order valence-electron chi connectivity index (χ0n) is 15.8. The first-order chi connectivity index (χ1) is 13.2. The van der Waals surface area contributed by atoms with Crippen LogP contribution in [0.1, 0.15) is 17.8 Å². The molecule has 0 fully saturated rings. The summed E-state index contributed by atoms with van der Waals surface area (Å²) in [6.45, 7) is 3.86. The van der Waals surface area contributed by atoms with Crippen molar-refractivity contribution in [2.45, 2.75) is 26.4 Å². The predicted octanol–water partition coefficient (Wildman–Crippen LogP) is 3.08. The molecule has 0 saturated carbocycles. The van der Waals surface area contributed by atoms with E-state index < -0.39 is 0 Å². The molecule has 0 aliphatic rings. The molecule has 1 heterocycles. The Labute approximate surface area is 159 Å². The second-order valence-electron chi connectivity index (χ2n) is 6.39. The molecule has 0 radical (unpaired) electrons. The Kier molecular flexibility index (Phi) is 6.44. The third-order valence-electron chi connectivity index (χ3n) is 4.27. The van der Waals surface area contributed by atoms with Gasteiger partial charge in [-0.25, -0.2) is 4.98 Å². The Bertz CT molecular complexity index is 887. The van der Waals surface area contributed by atoms with Gasteiger partial charge >= 0.3 is 0 Å². The lowest BCUT2D eigenvalue weighted by atomic mass is 10.2. The summed E-state index contributed by atoms with van der Waals surface area (Å²) in [5, 5.41) is 2.84. The van der Waals surface area contributed by atoms with Gasteiger partial charge in [0.25, 0.3) is 0 Å². The van der Waals surface area contributed by atoms with Crippen LogP contribution in [0, 0.1) is 6.92 Å². The third kappa shape index (κ3) is 5.08. The fourth-order valence-corrected chi connectivity index (χ4v) is 2.92. The summed E-state index contributed by atoms with van der Waals surface area (Å²) in [5.74, 6) is 1.55. The zero-order chi connectivity index (χ0) is 19.1. The lowest BCUT2D eigenvalue weighted by Gasteiger charge is -2.11. The van der Waals surface area contributed by atoms with Gasteiger partial charge in [0.1, 0.15) is 18.2 Å². The highest BCUT2D eigenvalue weighted by molar-refractivity contribution is 5.78. The first-order valence-corrected chi connectivity index (χ1v) is 9.06. The van der Waals surface area contributed by atoms with Crippen molar-refractivity contribution < 1.29 is 14.3 Å². The van der Waals surface area contributed by atoms with Gasteiger partial charge in [-0.1, -0.05) is 29.8 Å². The van der Waals surface area contributed by atoms with E-state index in [0.29, 0.717) is 13.2 Å². The molecule has 6 nitrogen and oxygen atoms in total. The van der Waals surface area contributed by atoms with Crippen LogP contribution < -0.4 is 10.1 Å². The molecule has 1 N–H and O–H groups in total. The Morgan fingerprint density at radius 3 is 2.70 bits per heavy atom. The molecule has 0 spiro atoms. The lowest BCUT2D eigenvalue weighted by Crippen LogP contribution is -2.28. The molecule has 142 valence electrons. The van der Waals surface area contributed by atoms with Crippen LogP contribution in [0.25, 0.3) is 11.0 Å². The minimum absolute atomic E-state index is 0.0462. The highest BCUT2D eigenvalue weighted by Gasteiger charge is 2.11. The van der Waals surface area contributed by atoms with Gasteiger partial charge in [-0.15, -0.1) is 0 Å². The van der Waals surface area contributed by atoms with Crippen LogP contribution >= 0.6 is 0 Å². The van der Waals surface area contributed by atoms with Gasteiger partial charge in [-0.2, -0.15) is 0 Å². The number of aryl methyl sites for hydroxylation is 2. The van der Waals surface area contributed by atoms with E-state index in [1.807, 2.05) is 48.5 Å². The van der Waals surface area contributed by atoms with Gasteiger partial charge in [0.05, 0.1) is 24.2 Å². The monoisotopic (exact) mass is 367 g/mol. The van der Waals surface area contributed by atoms with Crippen molar-refractivity contribution in [3.8, 4) is 5.75 Å². The quantitative estimate of drug-likeness (QED) is 0.590. The van der Waals surface area contributed by atoms with Crippen LogP contribution in [0.3, 0.4) is 0 Å². The molecule has 3 rings (SSSR count). The maximum atomic E-state index is 11.7. The predicted molar refractivity (Wildman–Crippen MR) is 105 cm³/mol. The standard InChI is InChI=1S/C21H25N3O3/c1-16-8-10-17(11-9-16)27-13-5-12-24-19-7-4-3-6-18(19)23-20(24)14-22-21(25)15-26-2/h3-4,6-11H,5,12-15H2,1-2H3,(H,22,25). The fraction of sp³-hybridized carbons (Fsp3) is 0.333. The molecule has 1 aromatic heterocycles. The van der Waals surface area contributed by atoms with Crippen molar-refractivity contribution in [3.63, 3.8) is 0 Å². The normalized spacial score (nSPS) is 10.9. The minimum atomic E-state index is -0.154. The molecule has 6 heteroatoms. The van der Waals surface area contributed by atoms with E-state index in [1.54, 1.807) is 0 Å². The van der Waals surface area contributed by atoms with E-state index in [1.165, 1.54) is 12.7 Å². The van der Waals surface area contributed by atoms with Gasteiger partial charge in [0.15, 0.2) is 0 Å². The number of nitrogens with one attached hydrogen (secondary N) is 1. The Balaban J connectivity index is 1.63. The summed E-state index contributed by atoms with van der Waals surface area (Å²) >= 11 is 0. The van der Waals surface area contributed by atoms with E-state index in [9.17, 15) is 4.79 Å². The van der Waals surface area contributed by atoms with Crippen molar-refractivity contribution in [3.05, 3.63) is 59.9 Å². The molecule has 3 aromatic rings. The van der Waals surface area contributed by atoms with Crippen LogP contribution in [-0.4, -0.2) is 35.8 Å². The van der Waals surface area contributed by atoms with E-state index in [2.05, 4.69) is 21.8 Å². The van der Waals surface area contributed by atoms with Crippen molar-refractivity contribution in [2.24, 2.45) is 0 Å². The SMILES string of the molecule is COCC(=O)NCc1nc2ccccc2n1CCCOc1ccc(C)cc1. The van der Waals surface area contributed by atoms with Gasteiger partial charge in [0, 0.05) is 13.7 Å². The van der Waals surface area contributed by atoms with Crippen LogP contribution in [0.2, 0.25) is 0 Å². The molecule has 0 unspecified atom stereocenters. The van der Waals surface area contributed by atoms with E-state index in [0.717, 1.165) is 35.6 Å². The van der Waals surface area contributed by atoms with Crippen molar-refractivity contribution >= 4 is 16.9 Å². The number of nitrogens with zero attached hydrogens (tertiary/aromatic N) is 2. The number of carbonyl (C=O) groups excluding carboxylic acids is 1. The first-order valence-electron chi connectivity index (χ1n) is 9.06. The number of rotatable bonds is 9. The maximum absolute atomic E-state index is 11.7.